The lowest BCUT2D eigenvalue weighted by Crippen LogP contribution is -2.49. The van der Waals surface area contributed by atoms with Crippen molar-refractivity contribution >= 4 is 23.0 Å². The Labute approximate surface area is 169 Å². The number of halogens is 1. The lowest BCUT2D eigenvalue weighted by atomic mass is 10.2. The topological polar surface area (TPSA) is 48.5 Å². The van der Waals surface area contributed by atoms with E-state index in [-0.39, 0.29) is 11.7 Å². The number of pyridine rings is 1. The quantitative estimate of drug-likeness (QED) is 0.724. The van der Waals surface area contributed by atoms with Crippen LogP contribution in [0.3, 0.4) is 0 Å². The van der Waals surface area contributed by atoms with Gasteiger partial charge in [0.05, 0.1) is 5.69 Å². The second-order valence-corrected chi connectivity index (χ2v) is 7.15. The summed E-state index contributed by atoms with van der Waals surface area (Å²) in [7, 11) is 0. The number of carbonyl (C=O) groups is 1. The van der Waals surface area contributed by atoms with Gasteiger partial charge in [0, 0.05) is 43.8 Å². The second-order valence-electron chi connectivity index (χ2n) is 7.15. The molecule has 1 saturated heterocycles. The van der Waals surface area contributed by atoms with Crippen LogP contribution in [0, 0.1) is 12.7 Å². The van der Waals surface area contributed by atoms with Crippen molar-refractivity contribution in [3.05, 3.63) is 83.9 Å². The maximum atomic E-state index is 14.0. The molecule has 1 amide bonds. The molecule has 2 aromatic carbocycles. The SMILES string of the molecule is Cc1cccc(Nc2ccnc(C(=O)N3CCN(c4ccccc4F)CC3)c2)c1. The van der Waals surface area contributed by atoms with Gasteiger partial charge in [0.2, 0.25) is 0 Å². The summed E-state index contributed by atoms with van der Waals surface area (Å²) in [4.78, 5) is 20.9. The molecule has 1 aliphatic heterocycles. The molecule has 2 heterocycles. The number of anilines is 3. The van der Waals surface area contributed by atoms with Crippen LogP contribution in [-0.4, -0.2) is 42.0 Å². The Bertz CT molecular complexity index is 1020. The maximum absolute atomic E-state index is 14.0. The summed E-state index contributed by atoms with van der Waals surface area (Å²) in [6.07, 6.45) is 1.64. The van der Waals surface area contributed by atoms with Gasteiger partial charge < -0.3 is 15.1 Å². The van der Waals surface area contributed by atoms with Crippen LogP contribution in [0.1, 0.15) is 16.1 Å². The summed E-state index contributed by atoms with van der Waals surface area (Å²) in [5.41, 5.74) is 3.93. The minimum absolute atomic E-state index is 0.105. The van der Waals surface area contributed by atoms with E-state index >= 15 is 0 Å². The highest BCUT2D eigenvalue weighted by Gasteiger charge is 2.24. The van der Waals surface area contributed by atoms with E-state index in [4.69, 9.17) is 0 Å². The van der Waals surface area contributed by atoms with Crippen molar-refractivity contribution in [3.8, 4) is 0 Å². The van der Waals surface area contributed by atoms with Crippen molar-refractivity contribution in [2.24, 2.45) is 0 Å². The first-order valence-corrected chi connectivity index (χ1v) is 9.69. The molecule has 3 aromatic rings. The zero-order chi connectivity index (χ0) is 20.2. The highest BCUT2D eigenvalue weighted by Crippen LogP contribution is 2.22. The molecule has 0 atom stereocenters. The zero-order valence-electron chi connectivity index (χ0n) is 16.3. The van der Waals surface area contributed by atoms with E-state index in [0.717, 1.165) is 16.9 Å². The van der Waals surface area contributed by atoms with E-state index in [0.29, 0.717) is 37.6 Å². The van der Waals surface area contributed by atoms with Crippen LogP contribution in [0.5, 0.6) is 0 Å². The lowest BCUT2D eigenvalue weighted by Gasteiger charge is -2.36. The van der Waals surface area contributed by atoms with Gasteiger partial charge in [-0.2, -0.15) is 0 Å². The number of carbonyl (C=O) groups excluding carboxylic acids is 1. The molecule has 4 rings (SSSR count). The summed E-state index contributed by atoms with van der Waals surface area (Å²) in [6, 6.07) is 18.4. The predicted octanol–water partition coefficient (Wildman–Crippen LogP) is 4.24. The third kappa shape index (κ3) is 4.37. The molecule has 29 heavy (non-hydrogen) atoms. The van der Waals surface area contributed by atoms with Crippen molar-refractivity contribution in [1.82, 2.24) is 9.88 Å². The fourth-order valence-corrected chi connectivity index (χ4v) is 3.54. The molecule has 0 radical (unpaired) electrons. The smallest absolute Gasteiger partial charge is 0.272 e. The third-order valence-corrected chi connectivity index (χ3v) is 5.05. The van der Waals surface area contributed by atoms with Gasteiger partial charge in [-0.25, -0.2) is 4.39 Å². The number of aryl methyl sites for hydroxylation is 1. The van der Waals surface area contributed by atoms with Crippen LogP contribution in [0.15, 0.2) is 66.9 Å². The van der Waals surface area contributed by atoms with Crippen LogP contribution < -0.4 is 10.2 Å². The molecule has 1 fully saturated rings. The number of benzene rings is 2. The maximum Gasteiger partial charge on any atom is 0.272 e. The van der Waals surface area contributed by atoms with Crippen LogP contribution in [0.4, 0.5) is 21.5 Å². The first kappa shape index (κ1) is 18.9. The Morgan fingerprint density at radius 2 is 1.72 bits per heavy atom. The molecule has 6 heteroatoms. The minimum atomic E-state index is -0.233. The molecule has 0 saturated carbocycles. The van der Waals surface area contributed by atoms with Crippen LogP contribution in [0.25, 0.3) is 0 Å². The molecule has 0 unspecified atom stereocenters. The van der Waals surface area contributed by atoms with Gasteiger partial charge in [-0.05, 0) is 48.9 Å². The molecule has 0 bridgehead atoms. The van der Waals surface area contributed by atoms with Crippen molar-refractivity contribution in [2.75, 3.05) is 36.4 Å². The molecular weight excluding hydrogens is 367 g/mol. The monoisotopic (exact) mass is 390 g/mol. The molecule has 0 aliphatic carbocycles. The van der Waals surface area contributed by atoms with Gasteiger partial charge in [0.15, 0.2) is 0 Å². The van der Waals surface area contributed by atoms with E-state index in [2.05, 4.69) is 10.3 Å². The van der Waals surface area contributed by atoms with Gasteiger partial charge >= 0.3 is 0 Å². The number of hydrogen-bond donors (Lipinski definition) is 1. The Hall–Kier alpha value is -3.41. The van der Waals surface area contributed by atoms with Gasteiger partial charge in [0.1, 0.15) is 11.5 Å². The zero-order valence-corrected chi connectivity index (χ0v) is 16.3. The number of rotatable bonds is 4. The summed E-state index contributed by atoms with van der Waals surface area (Å²) < 4.78 is 14.0. The number of para-hydroxylation sites is 1. The van der Waals surface area contributed by atoms with Gasteiger partial charge in [0.25, 0.3) is 5.91 Å². The van der Waals surface area contributed by atoms with Crippen LogP contribution in [0.2, 0.25) is 0 Å². The molecular formula is C23H23FN4O. The third-order valence-electron chi connectivity index (χ3n) is 5.05. The predicted molar refractivity (Wildman–Crippen MR) is 113 cm³/mol. The number of aromatic nitrogens is 1. The fourth-order valence-electron chi connectivity index (χ4n) is 3.54. The largest absolute Gasteiger partial charge is 0.366 e. The summed E-state index contributed by atoms with van der Waals surface area (Å²) in [6.45, 7) is 4.28. The summed E-state index contributed by atoms with van der Waals surface area (Å²) in [5.74, 6) is -0.338. The van der Waals surface area contributed by atoms with Crippen LogP contribution >= 0.6 is 0 Å². The van der Waals surface area contributed by atoms with Gasteiger partial charge in [-0.3, -0.25) is 9.78 Å². The average molecular weight is 390 g/mol. The van der Waals surface area contributed by atoms with Crippen molar-refractivity contribution in [1.29, 1.82) is 0 Å². The number of nitrogens with zero attached hydrogens (tertiary/aromatic N) is 3. The van der Waals surface area contributed by atoms with E-state index < -0.39 is 0 Å². The van der Waals surface area contributed by atoms with E-state index in [9.17, 15) is 9.18 Å². The van der Waals surface area contributed by atoms with Crippen molar-refractivity contribution < 1.29 is 9.18 Å². The fraction of sp³-hybridized carbons (Fsp3) is 0.217. The first-order chi connectivity index (χ1) is 14.1. The number of nitrogens with one attached hydrogen (secondary N) is 1. The molecule has 1 aliphatic rings. The van der Waals surface area contributed by atoms with Gasteiger partial charge in [-0.1, -0.05) is 24.3 Å². The molecule has 5 nitrogen and oxygen atoms in total. The normalized spacial score (nSPS) is 14.0. The molecule has 1 N–H and O–H groups in total. The lowest BCUT2D eigenvalue weighted by molar-refractivity contribution is 0.0741. The highest BCUT2D eigenvalue weighted by atomic mass is 19.1. The standard InChI is InChI=1S/C23H23FN4O/c1-17-5-4-6-18(15-17)26-19-9-10-25-21(16-19)23(29)28-13-11-27(12-14-28)22-8-3-2-7-20(22)24/h2-10,15-16H,11-14H2,1H3,(H,25,26). The average Bonchev–Trinajstić information content (AvgIpc) is 2.74. The second kappa shape index (κ2) is 8.31. The Kier molecular flexibility index (Phi) is 5.42. The Morgan fingerprint density at radius 3 is 2.48 bits per heavy atom. The van der Waals surface area contributed by atoms with Crippen LogP contribution in [-0.2, 0) is 0 Å². The van der Waals surface area contributed by atoms with Crippen molar-refractivity contribution in [3.63, 3.8) is 0 Å². The number of amides is 1. The summed E-state index contributed by atoms with van der Waals surface area (Å²) in [5, 5.41) is 3.32. The van der Waals surface area contributed by atoms with E-state index in [1.54, 1.807) is 29.3 Å². The molecule has 0 spiro atoms. The van der Waals surface area contributed by atoms with E-state index in [1.807, 2.05) is 48.2 Å². The molecule has 1 aromatic heterocycles. The van der Waals surface area contributed by atoms with E-state index in [1.165, 1.54) is 6.07 Å². The number of piperazine rings is 1. The van der Waals surface area contributed by atoms with Gasteiger partial charge in [-0.15, -0.1) is 0 Å². The summed E-state index contributed by atoms with van der Waals surface area (Å²) >= 11 is 0. The number of hydrogen-bond acceptors (Lipinski definition) is 4. The Balaban J connectivity index is 1.42. The highest BCUT2D eigenvalue weighted by molar-refractivity contribution is 5.93. The first-order valence-electron chi connectivity index (χ1n) is 9.69. The Morgan fingerprint density at radius 1 is 0.966 bits per heavy atom. The molecule has 148 valence electrons. The van der Waals surface area contributed by atoms with Crippen molar-refractivity contribution in [2.45, 2.75) is 6.92 Å². The minimum Gasteiger partial charge on any atom is -0.366 e.